The van der Waals surface area contributed by atoms with Crippen LogP contribution in [0.3, 0.4) is 0 Å². The Hall–Kier alpha value is -1.35. The van der Waals surface area contributed by atoms with Gasteiger partial charge in [-0.1, -0.05) is 12.5 Å². The van der Waals surface area contributed by atoms with Gasteiger partial charge in [-0.25, -0.2) is 4.98 Å². The second-order valence-corrected chi connectivity index (χ2v) is 5.76. The van der Waals surface area contributed by atoms with E-state index < -0.39 is 0 Å². The van der Waals surface area contributed by atoms with Crippen LogP contribution in [0.25, 0.3) is 11.0 Å². The Bertz CT molecular complexity index is 565. The number of aryl methyl sites for hydroxylation is 3. The number of nitrogens with one attached hydrogen (secondary N) is 1. The lowest BCUT2D eigenvalue weighted by atomic mass is 10.0. The molecule has 1 aliphatic rings. The van der Waals surface area contributed by atoms with Gasteiger partial charge >= 0.3 is 0 Å². The normalized spacial score (nSPS) is 20.0. The molecular weight excluding hydrogens is 234 g/mol. The number of rotatable bonds is 3. The molecule has 3 heteroatoms. The summed E-state index contributed by atoms with van der Waals surface area (Å²) in [5.41, 5.74) is 3.66. The van der Waals surface area contributed by atoms with Crippen molar-refractivity contribution in [3.8, 4) is 0 Å². The summed E-state index contributed by atoms with van der Waals surface area (Å²) >= 11 is 0. The third-order valence-electron chi connectivity index (χ3n) is 4.26. The zero-order valence-corrected chi connectivity index (χ0v) is 11.9. The zero-order valence-electron chi connectivity index (χ0n) is 11.9. The van der Waals surface area contributed by atoms with Gasteiger partial charge in [-0.2, -0.15) is 0 Å². The van der Waals surface area contributed by atoms with E-state index in [0.29, 0.717) is 6.04 Å². The van der Waals surface area contributed by atoms with Crippen LogP contribution < -0.4 is 5.32 Å². The summed E-state index contributed by atoms with van der Waals surface area (Å²) in [6.45, 7) is 3.31. The highest BCUT2D eigenvalue weighted by Crippen LogP contribution is 2.19. The molecule has 1 N–H and O–H groups in total. The number of hydrogen-bond donors (Lipinski definition) is 1. The van der Waals surface area contributed by atoms with Crippen LogP contribution in [0.4, 0.5) is 0 Å². The van der Waals surface area contributed by atoms with Gasteiger partial charge in [0.1, 0.15) is 5.82 Å². The first-order valence-electron chi connectivity index (χ1n) is 7.39. The van der Waals surface area contributed by atoms with E-state index in [-0.39, 0.29) is 0 Å². The Morgan fingerprint density at radius 1 is 1.37 bits per heavy atom. The van der Waals surface area contributed by atoms with E-state index >= 15 is 0 Å². The fourth-order valence-corrected chi connectivity index (χ4v) is 3.06. The summed E-state index contributed by atoms with van der Waals surface area (Å²) < 4.78 is 2.25. The molecule has 0 saturated carbocycles. The molecule has 1 aliphatic heterocycles. The van der Waals surface area contributed by atoms with Crippen molar-refractivity contribution in [2.75, 3.05) is 6.54 Å². The number of nitrogens with zero attached hydrogens (tertiary/aromatic N) is 2. The van der Waals surface area contributed by atoms with Gasteiger partial charge in [-0.15, -0.1) is 0 Å². The minimum Gasteiger partial charge on any atom is -0.331 e. The van der Waals surface area contributed by atoms with E-state index in [1.54, 1.807) is 0 Å². The largest absolute Gasteiger partial charge is 0.331 e. The number of aromatic nitrogens is 2. The summed E-state index contributed by atoms with van der Waals surface area (Å²) in [4.78, 5) is 4.79. The molecule has 1 fully saturated rings. The number of fused-ring (bicyclic) bond motifs is 1. The molecule has 2 aromatic rings. The maximum Gasteiger partial charge on any atom is 0.109 e. The zero-order chi connectivity index (χ0) is 13.2. The van der Waals surface area contributed by atoms with Crippen molar-refractivity contribution in [2.45, 2.75) is 45.1 Å². The summed E-state index contributed by atoms with van der Waals surface area (Å²) in [6, 6.07) is 7.21. The van der Waals surface area contributed by atoms with Crippen LogP contribution in [0, 0.1) is 6.92 Å². The Labute approximate surface area is 115 Å². The van der Waals surface area contributed by atoms with Crippen LogP contribution >= 0.6 is 0 Å². The molecule has 19 heavy (non-hydrogen) atoms. The third-order valence-corrected chi connectivity index (χ3v) is 4.26. The van der Waals surface area contributed by atoms with E-state index in [9.17, 15) is 0 Å². The molecule has 1 atom stereocenters. The second-order valence-electron chi connectivity index (χ2n) is 5.76. The van der Waals surface area contributed by atoms with Gasteiger partial charge in [0.25, 0.3) is 0 Å². The van der Waals surface area contributed by atoms with Crippen LogP contribution in [0.15, 0.2) is 18.2 Å². The van der Waals surface area contributed by atoms with Gasteiger partial charge < -0.3 is 9.88 Å². The van der Waals surface area contributed by atoms with Crippen LogP contribution in [0.1, 0.15) is 37.1 Å². The molecule has 3 rings (SSSR count). The van der Waals surface area contributed by atoms with Crippen LogP contribution in [0.2, 0.25) is 0 Å². The van der Waals surface area contributed by atoms with Crippen LogP contribution in [-0.2, 0) is 13.5 Å². The number of piperidine rings is 1. The average molecular weight is 257 g/mol. The van der Waals surface area contributed by atoms with E-state index in [4.69, 9.17) is 4.98 Å². The Morgan fingerprint density at radius 3 is 3.05 bits per heavy atom. The van der Waals surface area contributed by atoms with Gasteiger partial charge in [0.05, 0.1) is 11.0 Å². The highest BCUT2D eigenvalue weighted by Gasteiger charge is 2.14. The molecule has 1 aromatic heterocycles. The van der Waals surface area contributed by atoms with Crippen molar-refractivity contribution < 1.29 is 0 Å². The fraction of sp³-hybridized carbons (Fsp3) is 0.562. The second kappa shape index (κ2) is 5.33. The van der Waals surface area contributed by atoms with Gasteiger partial charge in [0, 0.05) is 19.5 Å². The third kappa shape index (κ3) is 2.66. The van der Waals surface area contributed by atoms with Crippen LogP contribution in [0.5, 0.6) is 0 Å². The van der Waals surface area contributed by atoms with Crippen molar-refractivity contribution in [2.24, 2.45) is 7.05 Å². The molecule has 102 valence electrons. The fourth-order valence-electron chi connectivity index (χ4n) is 3.06. The first kappa shape index (κ1) is 12.7. The maximum absolute atomic E-state index is 4.79. The molecule has 3 nitrogen and oxygen atoms in total. The van der Waals surface area contributed by atoms with E-state index in [2.05, 4.69) is 42.1 Å². The summed E-state index contributed by atoms with van der Waals surface area (Å²) in [7, 11) is 2.13. The first-order chi connectivity index (χ1) is 9.24. The SMILES string of the molecule is Cc1ccc2c(c1)nc(CCC1CCCCN1)n2C. The highest BCUT2D eigenvalue weighted by atomic mass is 15.1. The minimum atomic E-state index is 0.690. The molecular formula is C16H23N3. The van der Waals surface area contributed by atoms with Crippen molar-refractivity contribution in [3.05, 3.63) is 29.6 Å². The van der Waals surface area contributed by atoms with Crippen molar-refractivity contribution in [3.63, 3.8) is 0 Å². The Morgan fingerprint density at radius 2 is 2.26 bits per heavy atom. The topological polar surface area (TPSA) is 29.9 Å². The van der Waals surface area contributed by atoms with E-state index in [1.807, 2.05) is 0 Å². The monoisotopic (exact) mass is 257 g/mol. The molecule has 0 spiro atoms. The lowest BCUT2D eigenvalue weighted by molar-refractivity contribution is 0.380. The maximum atomic E-state index is 4.79. The lowest BCUT2D eigenvalue weighted by Gasteiger charge is -2.23. The summed E-state index contributed by atoms with van der Waals surface area (Å²) in [6.07, 6.45) is 6.31. The first-order valence-corrected chi connectivity index (χ1v) is 7.39. The minimum absolute atomic E-state index is 0.690. The van der Waals surface area contributed by atoms with Crippen molar-refractivity contribution in [1.29, 1.82) is 0 Å². The molecule has 0 aliphatic carbocycles. The molecule has 0 radical (unpaired) electrons. The number of hydrogen-bond acceptors (Lipinski definition) is 2. The Balaban J connectivity index is 1.75. The standard InChI is InChI=1S/C16H23N3/c1-12-6-8-15-14(11-12)18-16(19(15)2)9-7-13-5-3-4-10-17-13/h6,8,11,13,17H,3-5,7,9-10H2,1-2H3. The van der Waals surface area contributed by atoms with Crippen molar-refractivity contribution in [1.82, 2.24) is 14.9 Å². The molecule has 1 saturated heterocycles. The summed E-state index contributed by atoms with van der Waals surface area (Å²) in [5, 5.41) is 3.61. The van der Waals surface area contributed by atoms with Gasteiger partial charge in [-0.05, 0) is 50.4 Å². The predicted molar refractivity (Wildman–Crippen MR) is 79.4 cm³/mol. The average Bonchev–Trinajstić information content (AvgIpc) is 2.74. The van der Waals surface area contributed by atoms with E-state index in [1.165, 1.54) is 49.1 Å². The van der Waals surface area contributed by atoms with Crippen LogP contribution in [-0.4, -0.2) is 22.1 Å². The van der Waals surface area contributed by atoms with Gasteiger partial charge in [0.15, 0.2) is 0 Å². The highest BCUT2D eigenvalue weighted by molar-refractivity contribution is 5.76. The molecule has 1 unspecified atom stereocenters. The predicted octanol–water partition coefficient (Wildman–Crippen LogP) is 2.96. The quantitative estimate of drug-likeness (QED) is 0.916. The number of benzene rings is 1. The van der Waals surface area contributed by atoms with Gasteiger partial charge in [0.2, 0.25) is 0 Å². The molecule has 2 heterocycles. The summed E-state index contributed by atoms with van der Waals surface area (Å²) in [5.74, 6) is 1.22. The number of imidazole rings is 1. The van der Waals surface area contributed by atoms with Crippen molar-refractivity contribution >= 4 is 11.0 Å². The smallest absolute Gasteiger partial charge is 0.109 e. The van der Waals surface area contributed by atoms with E-state index in [0.717, 1.165) is 11.9 Å². The Kier molecular flexibility index (Phi) is 3.56. The molecule has 0 amide bonds. The lowest BCUT2D eigenvalue weighted by Crippen LogP contribution is -2.34. The molecule has 0 bridgehead atoms. The van der Waals surface area contributed by atoms with Gasteiger partial charge in [-0.3, -0.25) is 0 Å². The molecule has 1 aromatic carbocycles.